The fourth-order valence-electron chi connectivity index (χ4n) is 2.67. The van der Waals surface area contributed by atoms with Gasteiger partial charge in [-0.05, 0) is 73.8 Å². The lowest BCUT2D eigenvalue weighted by Gasteiger charge is -2.10. The molecule has 3 rings (SSSR count). The third-order valence-electron chi connectivity index (χ3n) is 4.03. The van der Waals surface area contributed by atoms with E-state index in [1.807, 2.05) is 0 Å². The van der Waals surface area contributed by atoms with E-state index in [0.29, 0.717) is 25.2 Å². The molecule has 5 nitrogen and oxygen atoms in total. The predicted octanol–water partition coefficient (Wildman–Crippen LogP) is 5.63. The molecule has 2 N–H and O–H groups in total. The zero-order valence-electron chi connectivity index (χ0n) is 15.0. The molecule has 158 valence electrons. The molecular formula is C19H13Br2ClF3N3O2. The highest BCUT2D eigenvalue weighted by Gasteiger charge is 2.35. The molecule has 11 heteroatoms. The highest BCUT2D eigenvalue weighted by Crippen LogP contribution is 2.33. The molecule has 0 fully saturated rings. The van der Waals surface area contributed by atoms with Crippen molar-refractivity contribution in [3.05, 3.63) is 73.4 Å². The van der Waals surface area contributed by atoms with Crippen molar-refractivity contribution in [3.63, 3.8) is 0 Å². The number of amides is 1. The van der Waals surface area contributed by atoms with Crippen LogP contribution in [-0.4, -0.2) is 20.8 Å². The van der Waals surface area contributed by atoms with Gasteiger partial charge < -0.3 is 10.4 Å². The van der Waals surface area contributed by atoms with Crippen LogP contribution in [0, 0.1) is 0 Å². The lowest BCUT2D eigenvalue weighted by molar-refractivity contribution is -0.141. The van der Waals surface area contributed by atoms with Gasteiger partial charge in [-0.1, -0.05) is 17.7 Å². The zero-order valence-corrected chi connectivity index (χ0v) is 18.9. The van der Waals surface area contributed by atoms with Crippen LogP contribution in [0.2, 0.25) is 5.02 Å². The maximum atomic E-state index is 13.2. The normalized spacial score (nSPS) is 11.5. The van der Waals surface area contributed by atoms with Gasteiger partial charge in [0, 0.05) is 5.02 Å². The molecular weight excluding hydrogens is 554 g/mol. The summed E-state index contributed by atoms with van der Waals surface area (Å²) in [5.74, 6) is -0.406. The molecule has 0 unspecified atom stereocenters. The molecule has 3 aromatic rings. The number of aromatic nitrogens is 2. The van der Waals surface area contributed by atoms with Crippen molar-refractivity contribution < 1.29 is 23.1 Å². The van der Waals surface area contributed by atoms with E-state index in [1.165, 1.54) is 6.07 Å². The Bertz CT molecular complexity index is 1080. The second-order valence-corrected chi connectivity index (χ2v) is 8.42. The van der Waals surface area contributed by atoms with Crippen molar-refractivity contribution in [2.24, 2.45) is 0 Å². The molecule has 1 amide bonds. The molecule has 0 spiro atoms. The van der Waals surface area contributed by atoms with Gasteiger partial charge in [0.15, 0.2) is 5.69 Å². The molecule has 0 atom stereocenters. The topological polar surface area (TPSA) is 67.2 Å². The number of alkyl halides is 3. The summed E-state index contributed by atoms with van der Waals surface area (Å²) in [6, 6.07) is 10.3. The van der Waals surface area contributed by atoms with E-state index in [0.717, 1.165) is 10.7 Å². The Morgan fingerprint density at radius 1 is 1.17 bits per heavy atom. The van der Waals surface area contributed by atoms with E-state index < -0.39 is 17.8 Å². The van der Waals surface area contributed by atoms with Crippen LogP contribution in [0.3, 0.4) is 0 Å². The number of hydrogen-bond acceptors (Lipinski definition) is 3. The number of halogens is 6. The summed E-state index contributed by atoms with van der Waals surface area (Å²) in [6.07, 6.45) is -4.66. The summed E-state index contributed by atoms with van der Waals surface area (Å²) in [7, 11) is 0. The van der Waals surface area contributed by atoms with Gasteiger partial charge in [-0.3, -0.25) is 4.79 Å². The number of rotatable bonds is 5. The van der Waals surface area contributed by atoms with Crippen LogP contribution in [0.1, 0.15) is 17.0 Å². The molecule has 30 heavy (non-hydrogen) atoms. The molecule has 0 aliphatic heterocycles. The van der Waals surface area contributed by atoms with Gasteiger partial charge in [0.25, 0.3) is 0 Å². The molecule has 0 aliphatic rings. The Balaban J connectivity index is 1.80. The molecule has 2 aromatic carbocycles. The monoisotopic (exact) mass is 565 g/mol. The summed E-state index contributed by atoms with van der Waals surface area (Å²) in [5, 5.41) is 16.3. The van der Waals surface area contributed by atoms with Crippen LogP contribution in [0.5, 0.6) is 5.75 Å². The number of benzene rings is 2. The maximum Gasteiger partial charge on any atom is 0.435 e. The average Bonchev–Trinajstić information content (AvgIpc) is 3.09. The van der Waals surface area contributed by atoms with Crippen LogP contribution in [0.4, 0.5) is 13.2 Å². The highest BCUT2D eigenvalue weighted by atomic mass is 79.9. The van der Waals surface area contributed by atoms with Gasteiger partial charge in [0.2, 0.25) is 5.91 Å². The van der Waals surface area contributed by atoms with E-state index >= 15 is 0 Å². The number of aromatic hydroxyl groups is 1. The Labute approximate surface area is 191 Å². The van der Waals surface area contributed by atoms with Crippen LogP contribution >= 0.6 is 43.5 Å². The van der Waals surface area contributed by atoms with E-state index in [-0.39, 0.29) is 24.4 Å². The van der Waals surface area contributed by atoms with Gasteiger partial charge in [0.05, 0.1) is 33.3 Å². The fraction of sp³-hybridized carbons (Fsp3) is 0.158. The summed E-state index contributed by atoms with van der Waals surface area (Å²) in [5.41, 5.74) is 0.0150. The largest absolute Gasteiger partial charge is 0.506 e. The number of carbonyl (C=O) groups excluding carboxylic acids is 1. The third kappa shape index (κ3) is 5.35. The van der Waals surface area contributed by atoms with E-state index in [9.17, 15) is 23.1 Å². The summed E-state index contributed by atoms with van der Waals surface area (Å²) < 4.78 is 41.4. The van der Waals surface area contributed by atoms with E-state index in [2.05, 4.69) is 42.3 Å². The van der Waals surface area contributed by atoms with Crippen LogP contribution in [-0.2, 0) is 23.9 Å². The van der Waals surface area contributed by atoms with Crippen molar-refractivity contribution in [2.75, 3.05) is 0 Å². The van der Waals surface area contributed by atoms with Crippen molar-refractivity contribution in [2.45, 2.75) is 19.1 Å². The molecule has 0 radical (unpaired) electrons. The average molecular weight is 568 g/mol. The molecule has 1 aromatic heterocycles. The van der Waals surface area contributed by atoms with Gasteiger partial charge in [-0.25, -0.2) is 4.68 Å². The molecule has 0 aliphatic carbocycles. The van der Waals surface area contributed by atoms with Crippen molar-refractivity contribution in [3.8, 4) is 11.4 Å². The van der Waals surface area contributed by atoms with Gasteiger partial charge >= 0.3 is 6.18 Å². The third-order valence-corrected chi connectivity index (χ3v) is 5.48. The first-order chi connectivity index (χ1) is 14.0. The molecule has 0 saturated carbocycles. The highest BCUT2D eigenvalue weighted by molar-refractivity contribution is 9.11. The predicted molar refractivity (Wildman–Crippen MR) is 113 cm³/mol. The number of phenols is 1. The number of phenolic OH excluding ortho intramolecular Hbond substituents is 1. The minimum absolute atomic E-state index is 0.00395. The Morgan fingerprint density at radius 2 is 1.83 bits per heavy atom. The summed E-state index contributed by atoms with van der Waals surface area (Å²) in [6.45, 7) is -0.172. The minimum atomic E-state index is -4.63. The van der Waals surface area contributed by atoms with Gasteiger partial charge in [0.1, 0.15) is 5.75 Å². The lowest BCUT2D eigenvalue weighted by atomic mass is 10.1. The Hall–Kier alpha value is -2.04. The van der Waals surface area contributed by atoms with E-state index in [1.54, 1.807) is 30.3 Å². The molecule has 0 saturated heterocycles. The first-order valence-electron chi connectivity index (χ1n) is 8.40. The fourth-order valence-corrected chi connectivity index (χ4v) is 4.14. The summed E-state index contributed by atoms with van der Waals surface area (Å²) in [4.78, 5) is 12.3. The number of carbonyl (C=O) groups is 1. The van der Waals surface area contributed by atoms with Crippen molar-refractivity contribution in [1.82, 2.24) is 15.1 Å². The maximum absolute atomic E-state index is 13.2. The zero-order chi connectivity index (χ0) is 22.1. The second kappa shape index (κ2) is 8.99. The van der Waals surface area contributed by atoms with Crippen LogP contribution < -0.4 is 5.32 Å². The first-order valence-corrected chi connectivity index (χ1v) is 10.4. The minimum Gasteiger partial charge on any atom is -0.506 e. The standard InChI is InChI=1S/C19H13Br2ClF3N3O2/c20-14-4-10(5-15(21)18(14)30)6-17(29)26-9-13-8-16(19(23,24)25)27-28(13)12-3-1-2-11(22)7-12/h1-5,7-8,30H,6,9H2,(H,26,29). The summed E-state index contributed by atoms with van der Waals surface area (Å²) >= 11 is 12.3. The number of nitrogens with zero attached hydrogens (tertiary/aromatic N) is 2. The molecule has 1 heterocycles. The Kier molecular flexibility index (Phi) is 6.78. The number of hydrogen-bond donors (Lipinski definition) is 2. The Morgan fingerprint density at radius 3 is 2.43 bits per heavy atom. The van der Waals surface area contributed by atoms with Crippen molar-refractivity contribution >= 4 is 49.4 Å². The van der Waals surface area contributed by atoms with E-state index in [4.69, 9.17) is 11.6 Å². The van der Waals surface area contributed by atoms with Gasteiger partial charge in [-0.2, -0.15) is 18.3 Å². The first kappa shape index (κ1) is 22.6. The molecule has 0 bridgehead atoms. The second-order valence-electron chi connectivity index (χ2n) is 6.27. The number of nitrogens with one attached hydrogen (secondary N) is 1. The van der Waals surface area contributed by atoms with Crippen LogP contribution in [0.15, 0.2) is 51.4 Å². The lowest BCUT2D eigenvalue weighted by Crippen LogP contribution is -2.25. The smallest absolute Gasteiger partial charge is 0.435 e. The van der Waals surface area contributed by atoms with Crippen molar-refractivity contribution in [1.29, 1.82) is 0 Å². The van der Waals surface area contributed by atoms with Crippen LogP contribution in [0.25, 0.3) is 5.69 Å². The van der Waals surface area contributed by atoms with Gasteiger partial charge in [-0.15, -0.1) is 0 Å². The SMILES string of the molecule is O=C(Cc1cc(Br)c(O)c(Br)c1)NCc1cc(C(F)(F)F)nn1-c1cccc(Cl)c1. The quantitative estimate of drug-likeness (QED) is 0.420.